The lowest BCUT2D eigenvalue weighted by Crippen LogP contribution is -2.52. The Hall–Kier alpha value is -1.65. The van der Waals surface area contributed by atoms with E-state index < -0.39 is 31.0 Å². The van der Waals surface area contributed by atoms with Crippen LogP contribution in [0, 0.1) is 0 Å². The summed E-state index contributed by atoms with van der Waals surface area (Å²) in [6, 6.07) is 7.27. The number of nitrogens with one attached hydrogen (secondary N) is 1. The van der Waals surface area contributed by atoms with Gasteiger partial charge in [0.25, 0.3) is 0 Å². The molecule has 0 aromatic heterocycles. The lowest BCUT2D eigenvalue weighted by atomic mass is 10.0. The Labute approximate surface area is 166 Å². The minimum absolute atomic E-state index is 0.0440. The number of sulfone groups is 2. The number of likely N-dealkylation sites (tertiary alicyclic amines) is 1. The van der Waals surface area contributed by atoms with E-state index in [1.54, 1.807) is 30.0 Å². The Bertz CT molecular complexity index is 893. The molecule has 1 aromatic carbocycles. The quantitative estimate of drug-likeness (QED) is 0.737. The third-order valence-electron chi connectivity index (χ3n) is 5.24. The molecule has 156 valence electrons. The number of nitrogens with zero attached hydrogens (tertiary/aromatic N) is 1. The number of carbonyl (C=O) groups excluding carboxylic acids is 1. The second kappa shape index (κ2) is 8.38. The molecule has 0 radical (unpaired) electrons. The molecule has 2 aliphatic rings. The molecule has 2 atom stereocenters. The Morgan fingerprint density at radius 3 is 2.43 bits per heavy atom. The third-order valence-corrected chi connectivity index (χ3v) is 9.41. The molecule has 2 heterocycles. The van der Waals surface area contributed by atoms with Crippen LogP contribution in [-0.2, 0) is 24.4 Å². The molecule has 10 heteroatoms. The first-order valence-corrected chi connectivity index (χ1v) is 12.8. The summed E-state index contributed by atoms with van der Waals surface area (Å²) >= 11 is 0. The number of rotatable bonds is 5. The lowest BCUT2D eigenvalue weighted by molar-refractivity contribution is 0.0945. The molecular formula is C18H26N2O6S2. The second-order valence-corrected chi connectivity index (χ2v) is 11.5. The number of hydrogen-bond donors (Lipinski definition) is 1. The van der Waals surface area contributed by atoms with Crippen LogP contribution in [0.5, 0.6) is 0 Å². The number of ether oxygens (including phenoxy) is 1. The topological polar surface area (TPSA) is 110 Å². The molecule has 2 unspecified atom stereocenters. The van der Waals surface area contributed by atoms with E-state index in [-0.39, 0.29) is 28.5 Å². The molecule has 0 saturated carbocycles. The van der Waals surface area contributed by atoms with Gasteiger partial charge in [0, 0.05) is 25.2 Å². The Morgan fingerprint density at radius 2 is 1.82 bits per heavy atom. The van der Waals surface area contributed by atoms with E-state index in [0.29, 0.717) is 32.5 Å². The molecule has 1 amide bonds. The zero-order valence-electron chi connectivity index (χ0n) is 15.8. The maximum absolute atomic E-state index is 13.0. The average molecular weight is 431 g/mol. The summed E-state index contributed by atoms with van der Waals surface area (Å²) in [7, 11) is -7.21. The van der Waals surface area contributed by atoms with Crippen molar-refractivity contribution in [2.24, 2.45) is 0 Å². The van der Waals surface area contributed by atoms with E-state index >= 15 is 0 Å². The van der Waals surface area contributed by atoms with E-state index in [1.165, 1.54) is 12.1 Å². The summed E-state index contributed by atoms with van der Waals surface area (Å²) in [5, 5.41) is 2.24. The predicted octanol–water partition coefficient (Wildman–Crippen LogP) is 0.836. The normalized spacial score (nSPS) is 25.5. The summed E-state index contributed by atoms with van der Waals surface area (Å²) < 4.78 is 55.4. The number of hydrogen-bond acceptors (Lipinski definition) is 7. The fourth-order valence-electron chi connectivity index (χ4n) is 3.81. The highest BCUT2D eigenvalue weighted by Gasteiger charge is 2.46. The molecule has 8 nitrogen and oxygen atoms in total. The van der Waals surface area contributed by atoms with Crippen molar-refractivity contribution in [1.29, 1.82) is 0 Å². The maximum atomic E-state index is 13.0. The highest BCUT2D eigenvalue weighted by atomic mass is 32.2. The van der Waals surface area contributed by atoms with Gasteiger partial charge in [0.1, 0.15) is 0 Å². The summed E-state index contributed by atoms with van der Waals surface area (Å²) in [6.45, 7) is 3.05. The molecule has 1 N–H and O–H groups in total. The molecule has 0 bridgehead atoms. The minimum Gasteiger partial charge on any atom is -0.450 e. The summed E-state index contributed by atoms with van der Waals surface area (Å²) in [4.78, 5) is 13.6. The SMILES string of the molecule is CCOC(=O)N1CCC(NC2CS(=O)(=O)CC2S(=O)(=O)c2ccccc2)CC1. The van der Waals surface area contributed by atoms with Gasteiger partial charge in [-0.25, -0.2) is 21.6 Å². The fourth-order valence-corrected chi connectivity index (χ4v) is 8.51. The Kier molecular flexibility index (Phi) is 6.31. The van der Waals surface area contributed by atoms with E-state index in [9.17, 15) is 21.6 Å². The van der Waals surface area contributed by atoms with Crippen LogP contribution < -0.4 is 5.32 Å². The van der Waals surface area contributed by atoms with E-state index in [0.717, 1.165) is 0 Å². The second-order valence-electron chi connectivity index (χ2n) is 7.21. The van der Waals surface area contributed by atoms with Crippen LogP contribution >= 0.6 is 0 Å². The van der Waals surface area contributed by atoms with Gasteiger partial charge in [-0.2, -0.15) is 0 Å². The molecule has 2 aliphatic heterocycles. The van der Waals surface area contributed by atoms with Crippen LogP contribution in [0.15, 0.2) is 35.2 Å². The fraction of sp³-hybridized carbons (Fsp3) is 0.611. The molecule has 1 aromatic rings. The first-order valence-electron chi connectivity index (χ1n) is 9.40. The number of carbonyl (C=O) groups is 1. The van der Waals surface area contributed by atoms with E-state index in [2.05, 4.69) is 5.32 Å². The zero-order chi connectivity index (χ0) is 20.4. The third kappa shape index (κ3) is 4.66. The van der Waals surface area contributed by atoms with Gasteiger partial charge in [-0.3, -0.25) is 0 Å². The lowest BCUT2D eigenvalue weighted by Gasteiger charge is -2.34. The van der Waals surface area contributed by atoms with Crippen molar-refractivity contribution in [2.45, 2.75) is 42.0 Å². The van der Waals surface area contributed by atoms with Gasteiger partial charge in [-0.1, -0.05) is 18.2 Å². The smallest absolute Gasteiger partial charge is 0.409 e. The van der Waals surface area contributed by atoms with Gasteiger partial charge in [0.2, 0.25) is 0 Å². The van der Waals surface area contributed by atoms with Gasteiger partial charge < -0.3 is 15.0 Å². The summed E-state index contributed by atoms with van der Waals surface area (Å²) in [6.07, 6.45) is 0.884. The number of benzene rings is 1. The van der Waals surface area contributed by atoms with Gasteiger partial charge in [-0.15, -0.1) is 0 Å². The van der Waals surface area contributed by atoms with Crippen molar-refractivity contribution in [3.63, 3.8) is 0 Å². The number of amides is 1. The Balaban J connectivity index is 1.70. The molecule has 0 aliphatic carbocycles. The van der Waals surface area contributed by atoms with E-state index in [4.69, 9.17) is 4.74 Å². The first kappa shape index (κ1) is 21.1. The van der Waals surface area contributed by atoms with Crippen LogP contribution in [0.25, 0.3) is 0 Å². The van der Waals surface area contributed by atoms with Gasteiger partial charge in [0.05, 0.1) is 28.3 Å². The van der Waals surface area contributed by atoms with E-state index in [1.807, 2.05) is 0 Å². The van der Waals surface area contributed by atoms with Gasteiger partial charge >= 0.3 is 6.09 Å². The van der Waals surface area contributed by atoms with Crippen molar-refractivity contribution < 1.29 is 26.4 Å². The molecule has 0 spiro atoms. The summed E-state index contributed by atoms with van der Waals surface area (Å²) in [5.41, 5.74) is 0. The van der Waals surface area contributed by atoms with Crippen molar-refractivity contribution in [3.8, 4) is 0 Å². The molecule has 2 fully saturated rings. The Morgan fingerprint density at radius 1 is 1.18 bits per heavy atom. The van der Waals surface area contributed by atoms with Crippen molar-refractivity contribution >= 4 is 25.8 Å². The zero-order valence-corrected chi connectivity index (χ0v) is 17.4. The molecule has 2 saturated heterocycles. The van der Waals surface area contributed by atoms with Gasteiger partial charge in [0.15, 0.2) is 19.7 Å². The highest BCUT2D eigenvalue weighted by Crippen LogP contribution is 2.27. The van der Waals surface area contributed by atoms with Gasteiger partial charge in [-0.05, 0) is 31.9 Å². The molecular weight excluding hydrogens is 404 g/mol. The van der Waals surface area contributed by atoms with Crippen molar-refractivity contribution in [3.05, 3.63) is 30.3 Å². The first-order chi connectivity index (χ1) is 13.2. The van der Waals surface area contributed by atoms with Crippen LogP contribution in [0.3, 0.4) is 0 Å². The maximum Gasteiger partial charge on any atom is 0.409 e. The van der Waals surface area contributed by atoms with Crippen LogP contribution in [-0.4, -0.2) is 76.4 Å². The molecule has 28 heavy (non-hydrogen) atoms. The predicted molar refractivity (Wildman–Crippen MR) is 105 cm³/mol. The van der Waals surface area contributed by atoms with Crippen LogP contribution in [0.1, 0.15) is 19.8 Å². The monoisotopic (exact) mass is 430 g/mol. The molecule has 3 rings (SSSR count). The minimum atomic E-state index is -3.77. The summed E-state index contributed by atoms with van der Waals surface area (Å²) in [5.74, 6) is -0.564. The van der Waals surface area contributed by atoms with Crippen LogP contribution in [0.2, 0.25) is 0 Å². The van der Waals surface area contributed by atoms with Crippen molar-refractivity contribution in [2.75, 3.05) is 31.2 Å². The highest BCUT2D eigenvalue weighted by molar-refractivity contribution is 7.96. The largest absolute Gasteiger partial charge is 0.450 e. The van der Waals surface area contributed by atoms with Crippen molar-refractivity contribution in [1.82, 2.24) is 10.2 Å². The van der Waals surface area contributed by atoms with Crippen LogP contribution in [0.4, 0.5) is 4.79 Å². The number of piperidine rings is 1. The average Bonchev–Trinajstić information content (AvgIpc) is 2.98. The standard InChI is InChI=1S/C18H26N2O6S2/c1-2-26-18(21)20-10-8-14(9-11-20)19-16-12-27(22,23)13-17(16)28(24,25)15-6-4-3-5-7-15/h3-7,14,16-17,19H,2,8-13H2,1H3.